The Hall–Kier alpha value is -2.30. The van der Waals surface area contributed by atoms with E-state index in [-0.39, 0.29) is 6.54 Å². The first-order valence-corrected chi connectivity index (χ1v) is 7.75. The molecule has 0 saturated carbocycles. The monoisotopic (exact) mass is 328 g/mol. The molecule has 0 aliphatic carbocycles. The van der Waals surface area contributed by atoms with E-state index in [2.05, 4.69) is 28.2 Å². The minimum Gasteiger partial charge on any atom is -0.480 e. The Kier molecular flexibility index (Phi) is 4.65. The van der Waals surface area contributed by atoms with Crippen molar-refractivity contribution in [3.05, 3.63) is 70.9 Å². The molecule has 0 radical (unpaired) electrons. The van der Waals surface area contributed by atoms with Crippen LogP contribution in [0.25, 0.3) is 10.9 Å². The molecule has 0 spiro atoms. The number of nitrogens with zero attached hydrogens (tertiary/aromatic N) is 1. The highest BCUT2D eigenvalue weighted by Crippen LogP contribution is 2.24. The molecule has 1 heterocycles. The van der Waals surface area contributed by atoms with Gasteiger partial charge in [-0.1, -0.05) is 48.0 Å². The second-order valence-electron chi connectivity index (χ2n) is 5.39. The van der Waals surface area contributed by atoms with Gasteiger partial charge in [-0.2, -0.15) is 0 Å². The summed E-state index contributed by atoms with van der Waals surface area (Å²) in [5, 5.41) is 13.6. The summed E-state index contributed by atoms with van der Waals surface area (Å²) in [5.41, 5.74) is 3.24. The van der Waals surface area contributed by atoms with Gasteiger partial charge < -0.3 is 15.0 Å². The third kappa shape index (κ3) is 3.55. The lowest BCUT2D eigenvalue weighted by Crippen LogP contribution is -2.21. The van der Waals surface area contributed by atoms with E-state index in [1.54, 1.807) is 0 Å². The van der Waals surface area contributed by atoms with Gasteiger partial charge in [0, 0.05) is 35.2 Å². The molecule has 0 fully saturated rings. The van der Waals surface area contributed by atoms with E-state index in [1.165, 1.54) is 0 Å². The van der Waals surface area contributed by atoms with Gasteiger partial charge in [0.15, 0.2) is 0 Å². The summed E-state index contributed by atoms with van der Waals surface area (Å²) < 4.78 is 2.15. The molecule has 0 unspecified atom stereocenters. The van der Waals surface area contributed by atoms with Crippen LogP contribution in [0, 0.1) is 0 Å². The van der Waals surface area contributed by atoms with Gasteiger partial charge in [-0.15, -0.1) is 0 Å². The fourth-order valence-electron chi connectivity index (χ4n) is 2.71. The lowest BCUT2D eigenvalue weighted by atomic mass is 10.2. The zero-order valence-electron chi connectivity index (χ0n) is 12.5. The van der Waals surface area contributed by atoms with Crippen molar-refractivity contribution in [3.8, 4) is 0 Å². The quantitative estimate of drug-likeness (QED) is 0.728. The SMILES string of the molecule is O=C(O)CNCc1cn(Cc2ccccc2Cl)c2ccccc12. The van der Waals surface area contributed by atoms with E-state index in [9.17, 15) is 4.79 Å². The van der Waals surface area contributed by atoms with Gasteiger partial charge in [0.2, 0.25) is 0 Å². The topological polar surface area (TPSA) is 54.3 Å². The predicted molar refractivity (Wildman–Crippen MR) is 91.8 cm³/mol. The molecule has 3 aromatic rings. The standard InChI is InChI=1S/C18H17ClN2O2/c19-16-7-3-1-5-13(16)11-21-12-14(9-20-10-18(22)23)15-6-2-4-8-17(15)21/h1-8,12,20H,9-11H2,(H,22,23). The van der Waals surface area contributed by atoms with Crippen LogP contribution in [-0.4, -0.2) is 22.2 Å². The van der Waals surface area contributed by atoms with Crippen molar-refractivity contribution in [2.45, 2.75) is 13.1 Å². The molecule has 0 aliphatic rings. The molecule has 0 bridgehead atoms. The summed E-state index contributed by atoms with van der Waals surface area (Å²) in [6.07, 6.45) is 2.06. The van der Waals surface area contributed by atoms with Crippen LogP contribution in [0.4, 0.5) is 0 Å². The Morgan fingerprint density at radius 3 is 2.61 bits per heavy atom. The van der Waals surface area contributed by atoms with Crippen LogP contribution in [0.1, 0.15) is 11.1 Å². The first-order chi connectivity index (χ1) is 11.1. The number of carbonyl (C=O) groups is 1. The summed E-state index contributed by atoms with van der Waals surface area (Å²) in [4.78, 5) is 10.7. The largest absolute Gasteiger partial charge is 0.480 e. The predicted octanol–water partition coefficient (Wildman–Crippen LogP) is 3.52. The van der Waals surface area contributed by atoms with Crippen molar-refractivity contribution >= 4 is 28.5 Å². The van der Waals surface area contributed by atoms with E-state index in [4.69, 9.17) is 16.7 Å². The Labute approximate surface area is 139 Å². The van der Waals surface area contributed by atoms with Crippen molar-refractivity contribution in [2.75, 3.05) is 6.54 Å². The maximum atomic E-state index is 10.7. The molecule has 3 rings (SSSR count). The number of para-hydroxylation sites is 1. The van der Waals surface area contributed by atoms with E-state index in [0.717, 1.165) is 27.1 Å². The second-order valence-corrected chi connectivity index (χ2v) is 5.80. The second kappa shape index (κ2) is 6.86. The van der Waals surface area contributed by atoms with Gasteiger partial charge in [-0.05, 0) is 23.3 Å². The maximum Gasteiger partial charge on any atom is 0.317 e. The smallest absolute Gasteiger partial charge is 0.317 e. The number of carboxylic acid groups (broad SMARTS) is 1. The first-order valence-electron chi connectivity index (χ1n) is 7.38. The molecule has 1 aromatic heterocycles. The number of carboxylic acids is 1. The molecule has 23 heavy (non-hydrogen) atoms. The van der Waals surface area contributed by atoms with E-state index < -0.39 is 5.97 Å². The van der Waals surface area contributed by atoms with Crippen molar-refractivity contribution in [1.82, 2.24) is 9.88 Å². The molecular formula is C18H17ClN2O2. The van der Waals surface area contributed by atoms with Gasteiger partial charge in [-0.25, -0.2) is 0 Å². The zero-order chi connectivity index (χ0) is 16.2. The highest BCUT2D eigenvalue weighted by molar-refractivity contribution is 6.31. The minimum atomic E-state index is -0.857. The van der Waals surface area contributed by atoms with Crippen LogP contribution in [0.15, 0.2) is 54.7 Å². The number of rotatable bonds is 6. The molecule has 2 aromatic carbocycles. The molecule has 5 heteroatoms. The summed E-state index contributed by atoms with van der Waals surface area (Å²) in [6.45, 7) is 1.14. The Bertz CT molecular complexity index is 842. The van der Waals surface area contributed by atoms with Gasteiger partial charge in [0.05, 0.1) is 6.54 Å². The third-order valence-corrected chi connectivity index (χ3v) is 4.13. The van der Waals surface area contributed by atoms with Crippen molar-refractivity contribution in [1.29, 1.82) is 0 Å². The van der Waals surface area contributed by atoms with Crippen LogP contribution in [0.2, 0.25) is 5.02 Å². The minimum absolute atomic E-state index is 0.0516. The Morgan fingerprint density at radius 1 is 1.09 bits per heavy atom. The summed E-state index contributed by atoms with van der Waals surface area (Å²) in [7, 11) is 0. The zero-order valence-corrected chi connectivity index (χ0v) is 13.3. The summed E-state index contributed by atoms with van der Waals surface area (Å²) in [6, 6.07) is 15.9. The number of benzene rings is 2. The fourth-order valence-corrected chi connectivity index (χ4v) is 2.90. The van der Waals surface area contributed by atoms with Crippen LogP contribution in [-0.2, 0) is 17.9 Å². The number of hydrogen-bond donors (Lipinski definition) is 2. The molecule has 0 atom stereocenters. The normalized spacial score (nSPS) is 11.0. The number of nitrogens with one attached hydrogen (secondary N) is 1. The molecule has 2 N–H and O–H groups in total. The van der Waals surface area contributed by atoms with Gasteiger partial charge in [0.1, 0.15) is 0 Å². The number of halogens is 1. The van der Waals surface area contributed by atoms with Crippen LogP contribution in [0.5, 0.6) is 0 Å². The van der Waals surface area contributed by atoms with Crippen LogP contribution >= 0.6 is 11.6 Å². The number of fused-ring (bicyclic) bond motifs is 1. The Morgan fingerprint density at radius 2 is 1.83 bits per heavy atom. The van der Waals surface area contributed by atoms with Crippen molar-refractivity contribution in [2.24, 2.45) is 0 Å². The van der Waals surface area contributed by atoms with Gasteiger partial charge >= 0.3 is 5.97 Å². The molecule has 118 valence electrons. The van der Waals surface area contributed by atoms with Gasteiger partial charge in [0.25, 0.3) is 0 Å². The fraction of sp³-hybridized carbons (Fsp3) is 0.167. The molecular weight excluding hydrogens is 312 g/mol. The Balaban J connectivity index is 1.91. The summed E-state index contributed by atoms with van der Waals surface area (Å²) >= 11 is 6.26. The lowest BCUT2D eigenvalue weighted by Gasteiger charge is -2.07. The highest BCUT2D eigenvalue weighted by atomic mass is 35.5. The number of aliphatic carboxylic acids is 1. The van der Waals surface area contributed by atoms with Crippen molar-refractivity contribution < 1.29 is 9.90 Å². The molecule has 0 saturated heterocycles. The average molecular weight is 329 g/mol. The average Bonchev–Trinajstić information content (AvgIpc) is 2.88. The molecule has 0 aliphatic heterocycles. The molecule has 4 nitrogen and oxygen atoms in total. The summed E-state index contributed by atoms with van der Waals surface area (Å²) in [5.74, 6) is -0.857. The van der Waals surface area contributed by atoms with Crippen LogP contribution < -0.4 is 5.32 Å². The van der Waals surface area contributed by atoms with Gasteiger partial charge in [-0.3, -0.25) is 4.79 Å². The van der Waals surface area contributed by atoms with E-state index in [1.807, 2.05) is 36.4 Å². The van der Waals surface area contributed by atoms with E-state index >= 15 is 0 Å². The maximum absolute atomic E-state index is 10.7. The molecule has 0 amide bonds. The van der Waals surface area contributed by atoms with Crippen LogP contribution in [0.3, 0.4) is 0 Å². The highest BCUT2D eigenvalue weighted by Gasteiger charge is 2.10. The van der Waals surface area contributed by atoms with Crippen molar-refractivity contribution in [3.63, 3.8) is 0 Å². The third-order valence-electron chi connectivity index (χ3n) is 3.76. The first kappa shape index (κ1) is 15.6. The number of hydrogen-bond acceptors (Lipinski definition) is 2. The van der Waals surface area contributed by atoms with E-state index in [0.29, 0.717) is 13.1 Å². The number of aromatic nitrogens is 1. The lowest BCUT2D eigenvalue weighted by molar-refractivity contribution is -0.135.